The summed E-state index contributed by atoms with van der Waals surface area (Å²) in [5.41, 5.74) is 2.53. The van der Waals surface area contributed by atoms with Crippen molar-refractivity contribution in [2.45, 2.75) is 38.5 Å². The van der Waals surface area contributed by atoms with Crippen molar-refractivity contribution in [2.75, 3.05) is 31.1 Å². The third-order valence-corrected chi connectivity index (χ3v) is 6.05. The maximum atomic E-state index is 12.4. The van der Waals surface area contributed by atoms with Crippen molar-refractivity contribution in [3.63, 3.8) is 0 Å². The van der Waals surface area contributed by atoms with E-state index < -0.39 is 5.97 Å². The third kappa shape index (κ3) is 3.57. The van der Waals surface area contributed by atoms with Gasteiger partial charge in [-0.05, 0) is 37.3 Å². The number of carbonyl (C=O) groups is 3. The van der Waals surface area contributed by atoms with E-state index in [0.717, 1.165) is 50.0 Å². The lowest BCUT2D eigenvalue weighted by Gasteiger charge is -2.31. The zero-order valence-corrected chi connectivity index (χ0v) is 15.6. The van der Waals surface area contributed by atoms with Crippen molar-refractivity contribution in [3.8, 4) is 0 Å². The van der Waals surface area contributed by atoms with Crippen LogP contribution in [0.5, 0.6) is 0 Å². The molecule has 0 unspecified atom stereocenters. The number of amides is 2. The summed E-state index contributed by atoms with van der Waals surface area (Å²) in [5, 5.41) is 0. The highest BCUT2D eigenvalue weighted by atomic mass is 16.5. The van der Waals surface area contributed by atoms with Gasteiger partial charge in [0, 0.05) is 12.2 Å². The average Bonchev–Trinajstić information content (AvgIpc) is 2.93. The van der Waals surface area contributed by atoms with Gasteiger partial charge < -0.3 is 9.64 Å². The van der Waals surface area contributed by atoms with Crippen LogP contribution in [0.3, 0.4) is 0 Å². The second-order valence-corrected chi connectivity index (χ2v) is 7.70. The molecule has 2 atom stereocenters. The molecule has 1 aliphatic carbocycles. The first-order chi connectivity index (χ1) is 13.1. The van der Waals surface area contributed by atoms with Crippen molar-refractivity contribution in [3.05, 3.63) is 29.8 Å². The molecule has 0 aromatic heterocycles. The molecule has 2 heterocycles. The fraction of sp³-hybridized carbons (Fsp3) is 0.571. The van der Waals surface area contributed by atoms with E-state index in [4.69, 9.17) is 4.74 Å². The molecule has 1 aromatic rings. The Kier molecular flexibility index (Phi) is 5.14. The van der Waals surface area contributed by atoms with Crippen molar-refractivity contribution in [2.24, 2.45) is 11.8 Å². The number of fused-ring (bicyclic) bond motifs is 2. The van der Waals surface area contributed by atoms with Gasteiger partial charge in [-0.2, -0.15) is 0 Å². The summed E-state index contributed by atoms with van der Waals surface area (Å²) in [5.74, 6) is -1.31. The zero-order valence-electron chi connectivity index (χ0n) is 15.6. The van der Waals surface area contributed by atoms with Gasteiger partial charge in [0.15, 0.2) is 0 Å². The summed E-state index contributed by atoms with van der Waals surface area (Å²) in [6.45, 7) is 1.58. The minimum Gasteiger partial charge on any atom is -0.462 e. The van der Waals surface area contributed by atoms with E-state index in [1.54, 1.807) is 0 Å². The molecule has 6 heteroatoms. The number of hydrogen-bond donors (Lipinski definition) is 0. The molecule has 3 aliphatic rings. The summed E-state index contributed by atoms with van der Waals surface area (Å²) in [6.07, 6.45) is 5.65. The van der Waals surface area contributed by atoms with Crippen molar-refractivity contribution < 1.29 is 19.1 Å². The van der Waals surface area contributed by atoms with Gasteiger partial charge in [0.05, 0.1) is 18.4 Å². The highest BCUT2D eigenvalue weighted by Crippen LogP contribution is 2.37. The fourth-order valence-corrected chi connectivity index (χ4v) is 4.68. The lowest BCUT2D eigenvalue weighted by Crippen LogP contribution is -2.38. The number of imide groups is 1. The molecule has 0 spiro atoms. The lowest BCUT2D eigenvalue weighted by molar-refractivity contribution is -0.152. The normalized spacial score (nSPS) is 24.6. The van der Waals surface area contributed by atoms with Gasteiger partial charge in [0.25, 0.3) is 0 Å². The minimum atomic E-state index is -0.499. The number of anilines is 1. The topological polar surface area (TPSA) is 66.9 Å². The minimum absolute atomic E-state index is 0.188. The van der Waals surface area contributed by atoms with Crippen molar-refractivity contribution in [1.29, 1.82) is 0 Å². The van der Waals surface area contributed by atoms with E-state index >= 15 is 0 Å². The van der Waals surface area contributed by atoms with Gasteiger partial charge in [-0.3, -0.25) is 19.3 Å². The molecule has 4 rings (SSSR count). The molecule has 0 radical (unpaired) electrons. The molecule has 0 N–H and O–H groups in total. The molecule has 144 valence electrons. The maximum absolute atomic E-state index is 12.4. The number of carbonyl (C=O) groups excluding carboxylic acids is 3. The fourth-order valence-electron chi connectivity index (χ4n) is 4.68. The number of para-hydroxylation sites is 1. The van der Waals surface area contributed by atoms with Gasteiger partial charge in [-0.1, -0.05) is 31.0 Å². The number of benzene rings is 1. The molecule has 2 aliphatic heterocycles. The van der Waals surface area contributed by atoms with Gasteiger partial charge in [-0.15, -0.1) is 0 Å². The Balaban J connectivity index is 1.28. The monoisotopic (exact) mass is 370 g/mol. The molecule has 1 saturated carbocycles. The third-order valence-electron chi connectivity index (χ3n) is 6.05. The van der Waals surface area contributed by atoms with Crippen LogP contribution in [-0.4, -0.2) is 48.9 Å². The number of likely N-dealkylation sites (tertiary alicyclic amines) is 1. The van der Waals surface area contributed by atoms with E-state index in [1.807, 2.05) is 12.1 Å². The standard InChI is InChI=1S/C21H26N2O4/c24-19(14-23-20(25)16-8-2-3-9-17(16)21(23)26)27-13-12-22-11-5-7-15-6-1-4-10-18(15)22/h1,4,6,10,16-17H,2-3,5,7-9,11-14H2/t16-,17-/m1/s1. The van der Waals surface area contributed by atoms with E-state index in [1.165, 1.54) is 11.3 Å². The Morgan fingerprint density at radius 3 is 2.48 bits per heavy atom. The van der Waals surface area contributed by atoms with E-state index in [9.17, 15) is 14.4 Å². The first-order valence-corrected chi connectivity index (χ1v) is 9.99. The number of nitrogens with zero attached hydrogens (tertiary/aromatic N) is 2. The summed E-state index contributed by atoms with van der Waals surface area (Å²) in [7, 11) is 0. The van der Waals surface area contributed by atoms with Crippen LogP contribution < -0.4 is 4.90 Å². The van der Waals surface area contributed by atoms with Crippen LogP contribution in [-0.2, 0) is 25.5 Å². The predicted octanol–water partition coefficient (Wildman–Crippen LogP) is 2.16. The number of aryl methyl sites for hydroxylation is 1. The Hall–Kier alpha value is -2.37. The van der Waals surface area contributed by atoms with Gasteiger partial charge >= 0.3 is 5.97 Å². The number of ether oxygens (including phenoxy) is 1. The van der Waals surface area contributed by atoms with Crippen molar-refractivity contribution in [1.82, 2.24) is 4.90 Å². The second kappa shape index (κ2) is 7.71. The van der Waals surface area contributed by atoms with Crippen LogP contribution in [0.4, 0.5) is 5.69 Å². The number of rotatable bonds is 5. The van der Waals surface area contributed by atoms with E-state index in [-0.39, 0.29) is 36.8 Å². The van der Waals surface area contributed by atoms with Gasteiger partial charge in [0.2, 0.25) is 11.8 Å². The number of esters is 1. The van der Waals surface area contributed by atoms with Crippen LogP contribution >= 0.6 is 0 Å². The second-order valence-electron chi connectivity index (χ2n) is 7.70. The first kappa shape index (κ1) is 18.0. The molecule has 0 bridgehead atoms. The molecule has 6 nitrogen and oxygen atoms in total. The van der Waals surface area contributed by atoms with Gasteiger partial charge in [-0.25, -0.2) is 0 Å². The Morgan fingerprint density at radius 1 is 1.04 bits per heavy atom. The van der Waals surface area contributed by atoms with Crippen LogP contribution in [0.2, 0.25) is 0 Å². The summed E-state index contributed by atoms with van der Waals surface area (Å²) in [4.78, 5) is 40.4. The molecule has 1 saturated heterocycles. The quantitative estimate of drug-likeness (QED) is 0.587. The van der Waals surface area contributed by atoms with E-state index in [0.29, 0.717) is 6.54 Å². The zero-order chi connectivity index (χ0) is 18.8. The smallest absolute Gasteiger partial charge is 0.326 e. The first-order valence-electron chi connectivity index (χ1n) is 9.99. The Morgan fingerprint density at radius 2 is 1.74 bits per heavy atom. The van der Waals surface area contributed by atoms with Gasteiger partial charge in [0.1, 0.15) is 13.2 Å². The Labute approximate surface area is 159 Å². The Bertz CT molecular complexity index is 723. The van der Waals surface area contributed by atoms with Crippen LogP contribution in [0.25, 0.3) is 0 Å². The summed E-state index contributed by atoms with van der Waals surface area (Å²) >= 11 is 0. The molecule has 1 aromatic carbocycles. The highest BCUT2D eigenvalue weighted by Gasteiger charge is 2.48. The lowest BCUT2D eigenvalue weighted by atomic mass is 9.81. The molecule has 2 fully saturated rings. The highest BCUT2D eigenvalue weighted by molar-refractivity contribution is 6.07. The molecular weight excluding hydrogens is 344 g/mol. The predicted molar refractivity (Wildman–Crippen MR) is 100 cm³/mol. The number of hydrogen-bond acceptors (Lipinski definition) is 5. The SMILES string of the molecule is O=C(CN1C(=O)[C@@H]2CCCC[C@H]2C1=O)OCCN1CCCc2ccccc21. The summed E-state index contributed by atoms with van der Waals surface area (Å²) in [6, 6.07) is 8.30. The largest absolute Gasteiger partial charge is 0.462 e. The van der Waals surface area contributed by atoms with Crippen LogP contribution in [0.15, 0.2) is 24.3 Å². The average molecular weight is 370 g/mol. The molecule has 2 amide bonds. The maximum Gasteiger partial charge on any atom is 0.326 e. The van der Waals surface area contributed by atoms with Crippen LogP contribution in [0, 0.1) is 11.8 Å². The van der Waals surface area contributed by atoms with E-state index in [2.05, 4.69) is 17.0 Å². The van der Waals surface area contributed by atoms with Crippen LogP contribution in [0.1, 0.15) is 37.7 Å². The summed E-state index contributed by atoms with van der Waals surface area (Å²) < 4.78 is 5.35. The van der Waals surface area contributed by atoms with Crippen molar-refractivity contribution >= 4 is 23.5 Å². The molecule has 27 heavy (non-hydrogen) atoms. The molecular formula is C21H26N2O4.